The van der Waals surface area contributed by atoms with Crippen LogP contribution < -0.4 is 9.47 Å². The van der Waals surface area contributed by atoms with Gasteiger partial charge in [0.15, 0.2) is 11.5 Å². The summed E-state index contributed by atoms with van der Waals surface area (Å²) in [6, 6.07) is 4.91. The Labute approximate surface area is 134 Å². The Kier molecular flexibility index (Phi) is 4.23. The average molecular weight is 316 g/mol. The normalized spacial score (nSPS) is 14.0. The minimum Gasteiger partial charge on any atom is -0.493 e. The number of rotatable bonds is 4. The first-order valence-corrected chi connectivity index (χ1v) is 7.72. The lowest BCUT2D eigenvalue weighted by Gasteiger charge is -2.09. The van der Waals surface area contributed by atoms with Gasteiger partial charge in [0.2, 0.25) is 11.6 Å². The van der Waals surface area contributed by atoms with Gasteiger partial charge in [0.25, 0.3) is 0 Å². The van der Waals surface area contributed by atoms with Crippen molar-refractivity contribution in [1.82, 2.24) is 9.71 Å². The molecule has 0 spiro atoms. The van der Waals surface area contributed by atoms with E-state index in [0.717, 1.165) is 48.2 Å². The van der Waals surface area contributed by atoms with Crippen LogP contribution in [0, 0.1) is 0 Å². The largest absolute Gasteiger partial charge is 0.493 e. The predicted molar refractivity (Wildman–Crippen MR) is 83.6 cm³/mol. The molecule has 1 heterocycles. The molecule has 23 heavy (non-hydrogen) atoms. The number of hydrogen-bond acceptors (Lipinski definition) is 5. The molecule has 1 aromatic heterocycles. The van der Waals surface area contributed by atoms with E-state index < -0.39 is 0 Å². The maximum Gasteiger partial charge on any atom is 0.231 e. The molecule has 1 aliphatic rings. The number of aryl methyl sites for hydroxylation is 1. The molecule has 0 saturated carbocycles. The van der Waals surface area contributed by atoms with Crippen LogP contribution in [0.3, 0.4) is 0 Å². The highest BCUT2D eigenvalue weighted by molar-refractivity contribution is 6.07. The summed E-state index contributed by atoms with van der Waals surface area (Å²) in [5.74, 6) is 0.744. The third-order valence-electron chi connectivity index (χ3n) is 4.21. The zero-order valence-corrected chi connectivity index (χ0v) is 13.3. The van der Waals surface area contributed by atoms with Gasteiger partial charge in [-0.15, -0.1) is 0 Å². The van der Waals surface area contributed by atoms with Crippen molar-refractivity contribution in [2.24, 2.45) is 0 Å². The summed E-state index contributed by atoms with van der Waals surface area (Å²) < 4.78 is 11.4. The molecule has 1 aromatic carbocycles. The molecule has 0 aliphatic heterocycles. The second-order valence-electron chi connectivity index (χ2n) is 5.60. The fourth-order valence-corrected chi connectivity index (χ4v) is 2.96. The van der Waals surface area contributed by atoms with Crippen molar-refractivity contribution in [2.45, 2.75) is 32.1 Å². The fraction of sp³-hybridized carbons (Fsp3) is 0.412. The number of nitrogens with zero attached hydrogens (tertiary/aromatic N) is 2. The highest BCUT2D eigenvalue weighted by atomic mass is 16.5. The Morgan fingerprint density at radius 2 is 1.87 bits per heavy atom. The third kappa shape index (κ3) is 2.76. The van der Waals surface area contributed by atoms with E-state index in [-0.39, 0.29) is 11.6 Å². The zero-order chi connectivity index (χ0) is 16.4. The topological polar surface area (TPSA) is 73.6 Å². The van der Waals surface area contributed by atoms with Crippen LogP contribution >= 0.6 is 0 Å². The van der Waals surface area contributed by atoms with E-state index in [9.17, 15) is 10.0 Å². The van der Waals surface area contributed by atoms with Crippen LogP contribution in [-0.4, -0.2) is 34.9 Å². The molecule has 6 heteroatoms. The summed E-state index contributed by atoms with van der Waals surface area (Å²) in [6.07, 6.45) is 4.71. The van der Waals surface area contributed by atoms with Gasteiger partial charge in [-0.05, 0) is 43.9 Å². The number of benzene rings is 1. The summed E-state index contributed by atoms with van der Waals surface area (Å²) >= 11 is 0. The van der Waals surface area contributed by atoms with Crippen molar-refractivity contribution >= 4 is 5.78 Å². The van der Waals surface area contributed by atoms with Gasteiger partial charge in [0.05, 0.1) is 25.6 Å². The lowest BCUT2D eigenvalue weighted by Crippen LogP contribution is -2.11. The first-order valence-electron chi connectivity index (χ1n) is 7.72. The number of ketones is 1. The molecule has 1 aliphatic carbocycles. The Hall–Kier alpha value is -2.50. The van der Waals surface area contributed by atoms with Crippen molar-refractivity contribution in [1.29, 1.82) is 0 Å². The number of aromatic nitrogens is 2. The van der Waals surface area contributed by atoms with Crippen LogP contribution in [-0.2, 0) is 12.8 Å². The molecule has 0 radical (unpaired) electrons. The smallest absolute Gasteiger partial charge is 0.231 e. The van der Waals surface area contributed by atoms with Gasteiger partial charge >= 0.3 is 0 Å². The molecule has 0 amide bonds. The SMILES string of the molecule is COc1ccc(C(=O)c2nc3c(n2O)CCCCC3)cc1OC. The first kappa shape index (κ1) is 15.4. The molecule has 0 unspecified atom stereocenters. The number of carbonyl (C=O) groups is 1. The standard InChI is InChI=1S/C17H20N2O4/c1-22-14-9-8-11(10-15(14)23-2)16(20)17-18-12-6-4-3-5-7-13(12)19(17)21/h8-10,21H,3-7H2,1-2H3. The number of carbonyl (C=O) groups excluding carboxylic acids is 1. The van der Waals surface area contributed by atoms with E-state index in [2.05, 4.69) is 4.98 Å². The summed E-state index contributed by atoms with van der Waals surface area (Å²) in [7, 11) is 3.05. The minimum absolute atomic E-state index is 0.0594. The Balaban J connectivity index is 1.98. The first-order chi connectivity index (χ1) is 11.2. The minimum atomic E-state index is -0.332. The van der Waals surface area contributed by atoms with E-state index in [0.29, 0.717) is 17.1 Å². The highest BCUT2D eigenvalue weighted by Gasteiger charge is 2.24. The van der Waals surface area contributed by atoms with Crippen LogP contribution in [0.4, 0.5) is 0 Å². The number of imidazole rings is 1. The van der Waals surface area contributed by atoms with E-state index in [1.807, 2.05) is 0 Å². The predicted octanol–water partition coefficient (Wildman–Crippen LogP) is 2.64. The number of fused-ring (bicyclic) bond motifs is 1. The van der Waals surface area contributed by atoms with Crippen LogP contribution in [0.25, 0.3) is 0 Å². The molecule has 0 fully saturated rings. The number of ether oxygens (including phenoxy) is 2. The Morgan fingerprint density at radius 3 is 2.61 bits per heavy atom. The maximum atomic E-state index is 12.7. The molecule has 0 saturated heterocycles. The lowest BCUT2D eigenvalue weighted by molar-refractivity contribution is 0.0970. The van der Waals surface area contributed by atoms with Crippen LogP contribution in [0.5, 0.6) is 11.5 Å². The second kappa shape index (κ2) is 6.32. The van der Waals surface area contributed by atoms with Crippen molar-refractivity contribution < 1.29 is 19.5 Å². The third-order valence-corrected chi connectivity index (χ3v) is 4.21. The van der Waals surface area contributed by atoms with E-state index in [1.54, 1.807) is 18.2 Å². The molecule has 122 valence electrons. The number of hydrogen-bond donors (Lipinski definition) is 1. The molecule has 3 rings (SSSR count). The van der Waals surface area contributed by atoms with E-state index in [4.69, 9.17) is 9.47 Å². The monoisotopic (exact) mass is 316 g/mol. The highest BCUT2D eigenvalue weighted by Crippen LogP contribution is 2.29. The quantitative estimate of drug-likeness (QED) is 0.533. The molecule has 2 aromatic rings. The molecule has 6 nitrogen and oxygen atoms in total. The van der Waals surface area contributed by atoms with Crippen molar-refractivity contribution in [3.05, 3.63) is 41.0 Å². The van der Waals surface area contributed by atoms with Crippen LogP contribution in [0.2, 0.25) is 0 Å². The molecule has 1 N–H and O–H groups in total. The maximum absolute atomic E-state index is 12.7. The van der Waals surface area contributed by atoms with Crippen molar-refractivity contribution in [3.8, 4) is 11.5 Å². The van der Waals surface area contributed by atoms with Crippen LogP contribution in [0.1, 0.15) is 46.8 Å². The van der Waals surface area contributed by atoms with Crippen molar-refractivity contribution in [2.75, 3.05) is 14.2 Å². The summed E-state index contributed by atoms with van der Waals surface area (Å²) in [5.41, 5.74) is 1.98. The van der Waals surface area contributed by atoms with E-state index >= 15 is 0 Å². The summed E-state index contributed by atoms with van der Waals surface area (Å²) in [6.45, 7) is 0. The fourth-order valence-electron chi connectivity index (χ4n) is 2.96. The molecule has 0 bridgehead atoms. The zero-order valence-electron chi connectivity index (χ0n) is 13.3. The summed E-state index contributed by atoms with van der Waals surface area (Å²) in [4.78, 5) is 17.1. The second-order valence-corrected chi connectivity index (χ2v) is 5.60. The van der Waals surface area contributed by atoms with E-state index in [1.165, 1.54) is 14.2 Å². The van der Waals surface area contributed by atoms with Gasteiger partial charge < -0.3 is 14.7 Å². The molecular formula is C17H20N2O4. The number of methoxy groups -OCH3 is 2. The van der Waals surface area contributed by atoms with Crippen molar-refractivity contribution in [3.63, 3.8) is 0 Å². The van der Waals surface area contributed by atoms with Gasteiger partial charge in [-0.2, -0.15) is 4.73 Å². The van der Waals surface area contributed by atoms with Gasteiger partial charge in [-0.1, -0.05) is 6.42 Å². The Bertz CT molecular complexity index is 736. The average Bonchev–Trinajstić information content (AvgIpc) is 2.76. The van der Waals surface area contributed by atoms with Gasteiger partial charge in [-0.3, -0.25) is 4.79 Å². The van der Waals surface area contributed by atoms with Gasteiger partial charge in [0.1, 0.15) is 0 Å². The molecule has 0 atom stereocenters. The van der Waals surface area contributed by atoms with Gasteiger partial charge in [-0.25, -0.2) is 4.98 Å². The van der Waals surface area contributed by atoms with Gasteiger partial charge in [0, 0.05) is 5.56 Å². The Morgan fingerprint density at radius 1 is 1.13 bits per heavy atom. The lowest BCUT2D eigenvalue weighted by atomic mass is 10.1. The molecular weight excluding hydrogens is 296 g/mol. The van der Waals surface area contributed by atoms with Crippen LogP contribution in [0.15, 0.2) is 18.2 Å². The summed E-state index contributed by atoms with van der Waals surface area (Å²) in [5, 5.41) is 10.3.